The number of nitrogens with zero attached hydrogens (tertiary/aromatic N) is 1. The second kappa shape index (κ2) is 5.97. The molecule has 0 atom stereocenters. The Morgan fingerprint density at radius 1 is 1.14 bits per heavy atom. The number of hydrogen-bond acceptors (Lipinski definition) is 2. The first-order chi connectivity index (χ1) is 10.2. The minimum atomic E-state index is -0.368. The van der Waals surface area contributed by atoms with E-state index in [0.717, 1.165) is 11.3 Å². The fourth-order valence-corrected chi connectivity index (χ4v) is 2.21. The highest BCUT2D eigenvalue weighted by atomic mass is 35.5. The lowest BCUT2D eigenvalue weighted by Gasteiger charge is -2.09. The summed E-state index contributed by atoms with van der Waals surface area (Å²) in [4.78, 5) is 0. The number of nitrogens with one attached hydrogen (secondary N) is 1. The molecule has 106 valence electrons. The van der Waals surface area contributed by atoms with Crippen molar-refractivity contribution in [3.05, 3.63) is 71.1 Å². The van der Waals surface area contributed by atoms with E-state index in [9.17, 15) is 4.39 Å². The number of aromatic amines is 1. The van der Waals surface area contributed by atoms with Crippen LogP contribution >= 0.6 is 11.6 Å². The lowest BCUT2D eigenvalue weighted by Crippen LogP contribution is -1.99. The van der Waals surface area contributed by atoms with Gasteiger partial charge in [0.15, 0.2) is 0 Å². The summed E-state index contributed by atoms with van der Waals surface area (Å²) in [7, 11) is 0. The van der Waals surface area contributed by atoms with Gasteiger partial charge in [0.1, 0.15) is 18.2 Å². The van der Waals surface area contributed by atoms with E-state index in [4.69, 9.17) is 16.3 Å². The number of ether oxygens (including phenoxy) is 1. The van der Waals surface area contributed by atoms with Crippen LogP contribution in [0.3, 0.4) is 0 Å². The van der Waals surface area contributed by atoms with Crippen LogP contribution in [-0.4, -0.2) is 10.2 Å². The van der Waals surface area contributed by atoms with Crippen molar-refractivity contribution in [3.8, 4) is 17.0 Å². The largest absolute Gasteiger partial charge is 0.489 e. The highest BCUT2D eigenvalue weighted by molar-refractivity contribution is 6.31. The molecule has 21 heavy (non-hydrogen) atoms. The molecule has 0 spiro atoms. The summed E-state index contributed by atoms with van der Waals surface area (Å²) in [6.45, 7) is 0.0813. The molecule has 1 heterocycles. The van der Waals surface area contributed by atoms with Crippen molar-refractivity contribution in [1.82, 2.24) is 10.2 Å². The molecule has 2 aromatic carbocycles. The molecule has 3 nitrogen and oxygen atoms in total. The maximum absolute atomic E-state index is 13.7. The van der Waals surface area contributed by atoms with E-state index in [0.29, 0.717) is 16.3 Å². The number of rotatable bonds is 4. The van der Waals surface area contributed by atoms with E-state index in [2.05, 4.69) is 10.2 Å². The van der Waals surface area contributed by atoms with Gasteiger partial charge in [-0.2, -0.15) is 5.10 Å². The zero-order valence-electron chi connectivity index (χ0n) is 11.0. The second-order valence-electron chi connectivity index (χ2n) is 4.49. The number of halogens is 2. The van der Waals surface area contributed by atoms with Gasteiger partial charge in [-0.3, -0.25) is 5.10 Å². The van der Waals surface area contributed by atoms with Crippen LogP contribution in [0.5, 0.6) is 5.75 Å². The molecule has 0 fully saturated rings. The summed E-state index contributed by atoms with van der Waals surface area (Å²) < 4.78 is 19.3. The van der Waals surface area contributed by atoms with Crippen molar-refractivity contribution in [2.75, 3.05) is 0 Å². The average molecular weight is 303 g/mol. The Kier molecular flexibility index (Phi) is 3.88. The van der Waals surface area contributed by atoms with Crippen LogP contribution in [0, 0.1) is 5.82 Å². The predicted molar refractivity (Wildman–Crippen MR) is 79.8 cm³/mol. The van der Waals surface area contributed by atoms with Crippen molar-refractivity contribution in [1.29, 1.82) is 0 Å². The summed E-state index contributed by atoms with van der Waals surface area (Å²) in [6.07, 6.45) is 1.68. The van der Waals surface area contributed by atoms with Crippen LogP contribution < -0.4 is 4.74 Å². The fourth-order valence-electron chi connectivity index (χ4n) is 2.00. The van der Waals surface area contributed by atoms with Gasteiger partial charge in [0.25, 0.3) is 0 Å². The highest BCUT2D eigenvalue weighted by Gasteiger charge is 2.08. The smallest absolute Gasteiger partial charge is 0.131 e. The van der Waals surface area contributed by atoms with Crippen molar-refractivity contribution < 1.29 is 9.13 Å². The lowest BCUT2D eigenvalue weighted by atomic mass is 10.1. The maximum atomic E-state index is 13.7. The molecule has 3 rings (SSSR count). The third-order valence-corrected chi connectivity index (χ3v) is 3.44. The molecule has 0 bridgehead atoms. The minimum absolute atomic E-state index is 0.0813. The molecule has 0 aliphatic heterocycles. The number of benzene rings is 2. The Morgan fingerprint density at radius 3 is 2.76 bits per heavy atom. The van der Waals surface area contributed by atoms with Gasteiger partial charge in [-0.05, 0) is 30.3 Å². The lowest BCUT2D eigenvalue weighted by molar-refractivity contribution is 0.300. The number of H-pyrrole nitrogens is 1. The van der Waals surface area contributed by atoms with Gasteiger partial charge >= 0.3 is 0 Å². The molecular formula is C16H12ClFN2O. The molecule has 5 heteroatoms. The van der Waals surface area contributed by atoms with Crippen LogP contribution in [-0.2, 0) is 6.61 Å². The van der Waals surface area contributed by atoms with Crippen molar-refractivity contribution in [3.63, 3.8) is 0 Å². The summed E-state index contributed by atoms with van der Waals surface area (Å²) in [5.41, 5.74) is 2.19. The molecule has 0 saturated carbocycles. The van der Waals surface area contributed by atoms with Crippen LogP contribution in [0.4, 0.5) is 4.39 Å². The zero-order valence-corrected chi connectivity index (χ0v) is 11.8. The SMILES string of the molecule is Fc1cccc(Cl)c1COc1cccc(-c2ccn[nH]2)c1. The van der Waals surface area contributed by atoms with Gasteiger partial charge in [-0.1, -0.05) is 29.8 Å². The van der Waals surface area contributed by atoms with E-state index in [1.165, 1.54) is 6.07 Å². The first-order valence-corrected chi connectivity index (χ1v) is 6.77. The molecule has 0 aliphatic rings. The first-order valence-electron chi connectivity index (χ1n) is 6.39. The van der Waals surface area contributed by atoms with Crippen molar-refractivity contribution in [2.24, 2.45) is 0 Å². The molecule has 0 unspecified atom stereocenters. The van der Waals surface area contributed by atoms with Crippen LogP contribution in [0.2, 0.25) is 5.02 Å². The van der Waals surface area contributed by atoms with E-state index in [-0.39, 0.29) is 12.4 Å². The Bertz CT molecular complexity index is 724. The zero-order chi connectivity index (χ0) is 14.7. The fraction of sp³-hybridized carbons (Fsp3) is 0.0625. The van der Waals surface area contributed by atoms with Gasteiger partial charge < -0.3 is 4.74 Å². The molecule has 0 aliphatic carbocycles. The predicted octanol–water partition coefficient (Wildman–Crippen LogP) is 4.45. The molecule has 0 saturated heterocycles. The summed E-state index contributed by atoms with van der Waals surface area (Å²) in [5, 5.41) is 7.16. The van der Waals surface area contributed by atoms with Crippen LogP contribution in [0.25, 0.3) is 11.3 Å². The quantitative estimate of drug-likeness (QED) is 0.773. The normalized spacial score (nSPS) is 10.6. The molecular weight excluding hydrogens is 291 g/mol. The summed E-state index contributed by atoms with van der Waals surface area (Å²) in [5.74, 6) is 0.272. The van der Waals surface area contributed by atoms with Crippen LogP contribution in [0.1, 0.15) is 5.56 Å². The van der Waals surface area contributed by atoms with Crippen molar-refractivity contribution >= 4 is 11.6 Å². The Morgan fingerprint density at radius 2 is 2.00 bits per heavy atom. The monoisotopic (exact) mass is 302 g/mol. The van der Waals surface area contributed by atoms with Gasteiger partial charge in [-0.25, -0.2) is 4.39 Å². The van der Waals surface area contributed by atoms with E-state index in [1.807, 2.05) is 30.3 Å². The van der Waals surface area contributed by atoms with Crippen molar-refractivity contribution in [2.45, 2.75) is 6.61 Å². The number of hydrogen-bond donors (Lipinski definition) is 1. The Balaban J connectivity index is 1.78. The molecule has 1 N–H and O–H groups in total. The van der Waals surface area contributed by atoms with E-state index in [1.54, 1.807) is 18.3 Å². The third-order valence-electron chi connectivity index (χ3n) is 3.09. The summed E-state index contributed by atoms with van der Waals surface area (Å²) in [6, 6.07) is 13.9. The second-order valence-corrected chi connectivity index (χ2v) is 4.89. The standard InChI is InChI=1S/C16H12ClFN2O/c17-14-5-2-6-15(18)13(14)10-21-12-4-1-3-11(9-12)16-7-8-19-20-16/h1-9H,10H2,(H,19,20). The Hall–Kier alpha value is -2.33. The highest BCUT2D eigenvalue weighted by Crippen LogP contribution is 2.24. The van der Waals surface area contributed by atoms with Gasteiger partial charge in [0.2, 0.25) is 0 Å². The molecule has 0 amide bonds. The first kappa shape index (κ1) is 13.6. The topological polar surface area (TPSA) is 37.9 Å². The average Bonchev–Trinajstić information content (AvgIpc) is 3.01. The minimum Gasteiger partial charge on any atom is -0.489 e. The van der Waals surface area contributed by atoms with Gasteiger partial charge in [-0.15, -0.1) is 0 Å². The summed E-state index contributed by atoms with van der Waals surface area (Å²) >= 11 is 5.97. The van der Waals surface area contributed by atoms with E-state index < -0.39 is 0 Å². The molecule has 0 radical (unpaired) electrons. The van der Waals surface area contributed by atoms with Gasteiger partial charge in [0, 0.05) is 17.3 Å². The third kappa shape index (κ3) is 3.06. The van der Waals surface area contributed by atoms with Gasteiger partial charge in [0.05, 0.1) is 10.7 Å². The van der Waals surface area contributed by atoms with E-state index >= 15 is 0 Å². The number of aromatic nitrogens is 2. The Labute approximate surface area is 126 Å². The van der Waals surface area contributed by atoms with Crippen LogP contribution in [0.15, 0.2) is 54.7 Å². The molecule has 3 aromatic rings. The molecule has 1 aromatic heterocycles. The maximum Gasteiger partial charge on any atom is 0.131 e.